The average molecular weight is 109 g/mol. The molecule has 1 rings (SSSR count). The maximum absolute atomic E-state index is 3.88. The van der Waals surface area contributed by atoms with E-state index in [1.165, 1.54) is 0 Å². The Bertz CT molecular complexity index is 169. The molecule has 8 heavy (non-hydrogen) atoms. The Hall–Kier alpha value is -0.790. The average Bonchev–Trinajstić information content (AvgIpc) is 1.98. The zero-order valence-corrected chi connectivity index (χ0v) is 5.15. The van der Waals surface area contributed by atoms with Crippen molar-refractivity contribution in [3.05, 3.63) is 23.9 Å². The Morgan fingerprint density at radius 2 is 2.12 bits per heavy atom. The van der Waals surface area contributed by atoms with Crippen LogP contribution in [0.2, 0.25) is 0 Å². The van der Waals surface area contributed by atoms with Gasteiger partial charge in [0.15, 0.2) is 0 Å². The summed E-state index contributed by atoms with van der Waals surface area (Å²) in [6.45, 7) is 7.68. The van der Waals surface area contributed by atoms with Crippen molar-refractivity contribution in [1.82, 2.24) is 10.2 Å². The first kappa shape index (κ1) is 5.35. The lowest BCUT2D eigenvalue weighted by Gasteiger charge is -1.83. The fourth-order valence-electron chi connectivity index (χ4n) is 0.535. The number of aromatic nitrogens is 2. The molecule has 1 aromatic rings. The molecule has 0 spiro atoms. The second kappa shape index (κ2) is 1.62. The van der Waals surface area contributed by atoms with Crippen molar-refractivity contribution >= 4 is 0 Å². The summed E-state index contributed by atoms with van der Waals surface area (Å²) in [5, 5.41) is 6.70. The van der Waals surface area contributed by atoms with E-state index in [2.05, 4.69) is 17.1 Å². The monoisotopic (exact) mass is 109 g/mol. The highest BCUT2D eigenvalue weighted by atomic mass is 15.1. The van der Waals surface area contributed by atoms with Crippen LogP contribution in [0.15, 0.2) is 0 Å². The van der Waals surface area contributed by atoms with Gasteiger partial charge in [-0.3, -0.25) is 5.10 Å². The van der Waals surface area contributed by atoms with Gasteiger partial charge in [0.05, 0.1) is 5.69 Å². The fraction of sp³-hybridized carbons (Fsp3) is 0.333. The number of aryl methyl sites for hydroxylation is 1. The van der Waals surface area contributed by atoms with Crippen molar-refractivity contribution < 1.29 is 0 Å². The van der Waals surface area contributed by atoms with Gasteiger partial charge in [-0.25, -0.2) is 0 Å². The van der Waals surface area contributed by atoms with Gasteiger partial charge in [0.25, 0.3) is 0 Å². The lowest BCUT2D eigenvalue weighted by Crippen LogP contribution is -1.73. The summed E-state index contributed by atoms with van der Waals surface area (Å²) in [5.41, 5.74) is 3.11. The molecule has 1 N–H and O–H groups in total. The smallest absolute Gasteiger partial charge is 0.0657 e. The first-order valence-electron chi connectivity index (χ1n) is 2.55. The highest BCUT2D eigenvalue weighted by Gasteiger charge is 1.96. The normalized spacial score (nSPS) is 9.88. The molecular weight excluding hydrogens is 100 g/mol. The lowest BCUT2D eigenvalue weighted by atomic mass is 10.2. The quantitative estimate of drug-likeness (QED) is 0.533. The van der Waals surface area contributed by atoms with Crippen LogP contribution in [-0.4, -0.2) is 10.2 Å². The molecule has 2 heteroatoms. The number of rotatable bonds is 0. The predicted molar refractivity (Wildman–Crippen MR) is 32.5 cm³/mol. The van der Waals surface area contributed by atoms with Crippen LogP contribution in [0.4, 0.5) is 0 Å². The molecule has 1 radical (unpaired) electrons. The van der Waals surface area contributed by atoms with E-state index in [9.17, 15) is 0 Å². The molecule has 0 aliphatic rings. The zero-order valence-electron chi connectivity index (χ0n) is 5.15. The molecule has 1 aromatic heterocycles. The van der Waals surface area contributed by atoms with E-state index < -0.39 is 0 Å². The van der Waals surface area contributed by atoms with E-state index in [4.69, 9.17) is 0 Å². The minimum atomic E-state index is 0.850. The Morgan fingerprint density at radius 3 is 2.25 bits per heavy atom. The van der Waals surface area contributed by atoms with Crippen molar-refractivity contribution in [2.45, 2.75) is 13.8 Å². The number of hydrogen-bond acceptors (Lipinski definition) is 1. The molecule has 1 heterocycles. The number of nitrogens with one attached hydrogen (secondary N) is 1. The second-order valence-electron chi connectivity index (χ2n) is 1.92. The minimum Gasteiger partial charge on any atom is -0.282 e. The molecular formula is C6H9N2. The summed E-state index contributed by atoms with van der Waals surface area (Å²) in [6, 6.07) is 0. The van der Waals surface area contributed by atoms with Crippen molar-refractivity contribution in [2.24, 2.45) is 0 Å². The maximum Gasteiger partial charge on any atom is 0.0657 e. The molecule has 0 fully saturated rings. The topological polar surface area (TPSA) is 28.7 Å². The minimum absolute atomic E-state index is 0.850. The first-order chi connectivity index (χ1) is 3.72. The van der Waals surface area contributed by atoms with Gasteiger partial charge in [-0.2, -0.15) is 5.10 Å². The molecule has 0 aliphatic carbocycles. The van der Waals surface area contributed by atoms with Crippen LogP contribution in [0.1, 0.15) is 17.0 Å². The highest BCUT2D eigenvalue weighted by Crippen LogP contribution is 2.04. The summed E-state index contributed by atoms with van der Waals surface area (Å²) >= 11 is 0. The van der Waals surface area contributed by atoms with Crippen LogP contribution < -0.4 is 0 Å². The summed E-state index contributed by atoms with van der Waals surface area (Å²) in [7, 11) is 0. The van der Waals surface area contributed by atoms with Gasteiger partial charge in [-0.1, -0.05) is 0 Å². The third-order valence-electron chi connectivity index (χ3n) is 1.35. The Kier molecular flexibility index (Phi) is 1.08. The van der Waals surface area contributed by atoms with E-state index in [1.807, 2.05) is 13.8 Å². The Morgan fingerprint density at radius 1 is 1.50 bits per heavy atom. The van der Waals surface area contributed by atoms with Crippen molar-refractivity contribution in [1.29, 1.82) is 0 Å². The van der Waals surface area contributed by atoms with E-state index in [-0.39, 0.29) is 0 Å². The van der Waals surface area contributed by atoms with Gasteiger partial charge < -0.3 is 0 Å². The van der Waals surface area contributed by atoms with Gasteiger partial charge in [0, 0.05) is 5.69 Å². The molecule has 0 amide bonds. The SMILES string of the molecule is [CH2]c1n[nH]c(C)c1C. The molecule has 0 aromatic carbocycles. The molecule has 43 valence electrons. The number of H-pyrrole nitrogens is 1. The van der Waals surface area contributed by atoms with Crippen LogP contribution >= 0.6 is 0 Å². The Balaban J connectivity index is 3.19. The summed E-state index contributed by atoms with van der Waals surface area (Å²) in [6.07, 6.45) is 0. The van der Waals surface area contributed by atoms with Crippen LogP contribution in [-0.2, 0) is 0 Å². The molecule has 2 nitrogen and oxygen atoms in total. The van der Waals surface area contributed by atoms with Crippen molar-refractivity contribution in [3.63, 3.8) is 0 Å². The van der Waals surface area contributed by atoms with Crippen molar-refractivity contribution in [2.75, 3.05) is 0 Å². The third-order valence-corrected chi connectivity index (χ3v) is 1.35. The molecule has 0 aliphatic heterocycles. The zero-order chi connectivity index (χ0) is 6.15. The van der Waals surface area contributed by atoms with Gasteiger partial charge in [-0.15, -0.1) is 0 Å². The third kappa shape index (κ3) is 0.619. The van der Waals surface area contributed by atoms with Crippen LogP contribution in [0.5, 0.6) is 0 Å². The van der Waals surface area contributed by atoms with Gasteiger partial charge in [-0.05, 0) is 26.3 Å². The molecule has 0 unspecified atom stereocenters. The summed E-state index contributed by atoms with van der Waals surface area (Å²) in [5.74, 6) is 0. The van der Waals surface area contributed by atoms with Crippen LogP contribution in [0, 0.1) is 20.8 Å². The summed E-state index contributed by atoms with van der Waals surface area (Å²) in [4.78, 5) is 0. The van der Waals surface area contributed by atoms with E-state index in [1.54, 1.807) is 0 Å². The number of hydrogen-bond donors (Lipinski definition) is 1. The Labute approximate surface area is 48.9 Å². The van der Waals surface area contributed by atoms with E-state index in [0.717, 1.165) is 17.0 Å². The molecule has 0 atom stereocenters. The van der Waals surface area contributed by atoms with Gasteiger partial charge >= 0.3 is 0 Å². The highest BCUT2D eigenvalue weighted by molar-refractivity contribution is 5.23. The molecule has 0 saturated heterocycles. The first-order valence-corrected chi connectivity index (χ1v) is 2.55. The summed E-state index contributed by atoms with van der Waals surface area (Å²) < 4.78 is 0. The van der Waals surface area contributed by atoms with E-state index >= 15 is 0 Å². The number of nitrogens with zero attached hydrogens (tertiary/aromatic N) is 1. The maximum atomic E-state index is 3.88. The van der Waals surface area contributed by atoms with Crippen LogP contribution in [0.25, 0.3) is 0 Å². The molecule has 0 bridgehead atoms. The van der Waals surface area contributed by atoms with Gasteiger partial charge in [0.1, 0.15) is 0 Å². The second-order valence-corrected chi connectivity index (χ2v) is 1.92. The van der Waals surface area contributed by atoms with Crippen LogP contribution in [0.3, 0.4) is 0 Å². The largest absolute Gasteiger partial charge is 0.282 e. The predicted octanol–water partition coefficient (Wildman–Crippen LogP) is 1.21. The fourth-order valence-corrected chi connectivity index (χ4v) is 0.535. The molecule has 0 saturated carbocycles. The standard InChI is InChI=1S/C6H9N2/c1-4-5(2)7-8-6(4)3/h2H2,1,3H3,(H,7,8). The van der Waals surface area contributed by atoms with Crippen molar-refractivity contribution in [3.8, 4) is 0 Å². The number of aromatic amines is 1. The van der Waals surface area contributed by atoms with Gasteiger partial charge in [0.2, 0.25) is 0 Å². The van der Waals surface area contributed by atoms with E-state index in [0.29, 0.717) is 0 Å². The lowest BCUT2D eigenvalue weighted by molar-refractivity contribution is 1.03.